The van der Waals surface area contributed by atoms with Gasteiger partial charge in [-0.25, -0.2) is 0 Å². The number of nitrogens with zero attached hydrogens (tertiary/aromatic N) is 3. The topological polar surface area (TPSA) is 77.7 Å². The van der Waals surface area contributed by atoms with Crippen LogP contribution in [0.2, 0.25) is 0 Å². The van der Waals surface area contributed by atoms with Crippen molar-refractivity contribution >= 4 is 29.0 Å². The van der Waals surface area contributed by atoms with Crippen LogP contribution < -0.4 is 0 Å². The minimum Gasteiger partial charge on any atom is -0.410 e. The van der Waals surface area contributed by atoms with Crippen LogP contribution in [0.25, 0.3) is 10.8 Å². The van der Waals surface area contributed by atoms with E-state index in [1.54, 1.807) is 30.5 Å². The van der Waals surface area contributed by atoms with Crippen molar-refractivity contribution in [3.05, 3.63) is 16.5 Å². The minimum atomic E-state index is -0.000532. The first kappa shape index (κ1) is 21.3. The van der Waals surface area contributed by atoms with Gasteiger partial charge >= 0.3 is 0 Å². The first-order chi connectivity index (χ1) is 13.6. The van der Waals surface area contributed by atoms with Crippen LogP contribution in [0.15, 0.2) is 15.7 Å². The standard InChI is InChI=1S/C19H27N3O4S2/c1-13-4-5-15-14(10-13)11-16(28-15)18-20-21-19(26-18)27-12-17(23)22(6-8-24-2)7-9-25-3/h11,13H,4-10,12H2,1-3H3/t13-/m1/s1. The fourth-order valence-corrected chi connectivity index (χ4v) is 4.95. The smallest absolute Gasteiger partial charge is 0.277 e. The van der Waals surface area contributed by atoms with Crippen molar-refractivity contribution in [1.29, 1.82) is 0 Å². The van der Waals surface area contributed by atoms with Crippen LogP contribution >= 0.6 is 23.1 Å². The summed E-state index contributed by atoms with van der Waals surface area (Å²) in [5, 5.41) is 8.70. The number of ether oxygens (including phenoxy) is 2. The van der Waals surface area contributed by atoms with E-state index < -0.39 is 0 Å². The van der Waals surface area contributed by atoms with Crippen LogP contribution in [0.4, 0.5) is 0 Å². The van der Waals surface area contributed by atoms with Crippen molar-refractivity contribution in [2.24, 2.45) is 5.92 Å². The Kier molecular flexibility index (Phi) is 7.90. The third kappa shape index (κ3) is 5.56. The first-order valence-electron chi connectivity index (χ1n) is 9.44. The number of methoxy groups -OCH3 is 2. The van der Waals surface area contributed by atoms with E-state index in [0.29, 0.717) is 37.4 Å². The number of carbonyl (C=O) groups excluding carboxylic acids is 1. The van der Waals surface area contributed by atoms with Gasteiger partial charge in [-0.05, 0) is 36.8 Å². The quantitative estimate of drug-likeness (QED) is 0.541. The van der Waals surface area contributed by atoms with E-state index in [9.17, 15) is 4.79 Å². The highest BCUT2D eigenvalue weighted by Gasteiger charge is 2.21. The molecule has 0 saturated carbocycles. The Labute approximate surface area is 173 Å². The molecule has 1 atom stereocenters. The van der Waals surface area contributed by atoms with E-state index in [0.717, 1.165) is 23.6 Å². The third-order valence-corrected chi connectivity index (χ3v) is 6.78. The molecule has 7 nitrogen and oxygen atoms in total. The normalized spacial score (nSPS) is 16.2. The molecular weight excluding hydrogens is 398 g/mol. The Morgan fingerprint density at radius 3 is 2.79 bits per heavy atom. The molecule has 1 amide bonds. The van der Waals surface area contributed by atoms with Crippen LogP contribution in [0.3, 0.4) is 0 Å². The van der Waals surface area contributed by atoms with Crippen molar-refractivity contribution in [2.45, 2.75) is 31.4 Å². The SMILES string of the molecule is COCCN(CCOC)C(=O)CSc1nnc(-c2cc3c(s2)CC[C@@H](C)C3)o1. The van der Waals surface area contributed by atoms with E-state index in [-0.39, 0.29) is 11.7 Å². The number of aromatic nitrogens is 2. The number of thiophene rings is 1. The summed E-state index contributed by atoms with van der Waals surface area (Å²) in [6, 6.07) is 2.18. The van der Waals surface area contributed by atoms with Gasteiger partial charge in [0.25, 0.3) is 11.1 Å². The second kappa shape index (κ2) is 10.4. The number of amides is 1. The molecule has 3 rings (SSSR count). The molecule has 1 aliphatic carbocycles. The molecule has 0 radical (unpaired) electrons. The van der Waals surface area contributed by atoms with E-state index in [1.165, 1.54) is 28.6 Å². The Morgan fingerprint density at radius 1 is 1.32 bits per heavy atom. The molecular formula is C19H27N3O4S2. The number of carbonyl (C=O) groups is 1. The molecule has 9 heteroatoms. The Morgan fingerprint density at radius 2 is 2.07 bits per heavy atom. The molecule has 0 aliphatic heterocycles. The fraction of sp³-hybridized carbons (Fsp3) is 0.632. The Hall–Kier alpha value is -1.42. The molecule has 28 heavy (non-hydrogen) atoms. The Balaban J connectivity index is 1.57. The lowest BCUT2D eigenvalue weighted by Gasteiger charge is -2.21. The highest BCUT2D eigenvalue weighted by atomic mass is 32.2. The van der Waals surface area contributed by atoms with Crippen molar-refractivity contribution < 1.29 is 18.7 Å². The zero-order valence-corrected chi connectivity index (χ0v) is 18.2. The number of aryl methyl sites for hydroxylation is 1. The molecule has 0 bridgehead atoms. The van der Waals surface area contributed by atoms with Gasteiger partial charge in [0, 0.05) is 32.2 Å². The predicted molar refractivity (Wildman–Crippen MR) is 110 cm³/mol. The average molecular weight is 426 g/mol. The maximum atomic E-state index is 12.5. The average Bonchev–Trinajstić information content (AvgIpc) is 3.32. The van der Waals surface area contributed by atoms with E-state index in [4.69, 9.17) is 13.9 Å². The summed E-state index contributed by atoms with van der Waals surface area (Å²) in [6.07, 6.45) is 3.49. The number of fused-ring (bicyclic) bond motifs is 1. The first-order valence-corrected chi connectivity index (χ1v) is 11.2. The molecule has 2 heterocycles. The van der Waals surface area contributed by atoms with Gasteiger partial charge < -0.3 is 18.8 Å². The maximum absolute atomic E-state index is 12.5. The zero-order valence-electron chi connectivity index (χ0n) is 16.6. The van der Waals surface area contributed by atoms with Gasteiger partial charge in [0.15, 0.2) is 0 Å². The largest absolute Gasteiger partial charge is 0.410 e. The van der Waals surface area contributed by atoms with Crippen molar-refractivity contribution in [3.8, 4) is 10.8 Å². The van der Waals surface area contributed by atoms with E-state index >= 15 is 0 Å². The number of hydrogen-bond donors (Lipinski definition) is 0. The van der Waals surface area contributed by atoms with Crippen LogP contribution in [0.5, 0.6) is 0 Å². The van der Waals surface area contributed by atoms with Gasteiger partial charge in [-0.1, -0.05) is 18.7 Å². The lowest BCUT2D eigenvalue weighted by Crippen LogP contribution is -2.37. The summed E-state index contributed by atoms with van der Waals surface area (Å²) >= 11 is 3.01. The van der Waals surface area contributed by atoms with E-state index in [2.05, 4.69) is 23.2 Å². The monoisotopic (exact) mass is 425 g/mol. The minimum absolute atomic E-state index is 0.000532. The van der Waals surface area contributed by atoms with Gasteiger partial charge in [0.05, 0.1) is 23.8 Å². The van der Waals surface area contributed by atoms with Crippen LogP contribution in [0, 0.1) is 5.92 Å². The van der Waals surface area contributed by atoms with E-state index in [1.807, 2.05) is 0 Å². The van der Waals surface area contributed by atoms with Gasteiger partial charge in [-0.3, -0.25) is 4.79 Å². The molecule has 1 aliphatic rings. The highest BCUT2D eigenvalue weighted by molar-refractivity contribution is 7.99. The van der Waals surface area contributed by atoms with Crippen LogP contribution in [-0.2, 0) is 27.1 Å². The molecule has 2 aromatic heterocycles. The molecule has 0 N–H and O–H groups in total. The second-order valence-corrected chi connectivity index (χ2v) is 9.00. The zero-order chi connectivity index (χ0) is 19.9. The van der Waals surface area contributed by atoms with Gasteiger partial charge in [0.2, 0.25) is 5.91 Å². The van der Waals surface area contributed by atoms with Crippen molar-refractivity contribution in [2.75, 3.05) is 46.3 Å². The number of rotatable bonds is 10. The molecule has 154 valence electrons. The summed E-state index contributed by atoms with van der Waals surface area (Å²) in [5.41, 5.74) is 1.41. The highest BCUT2D eigenvalue weighted by Crippen LogP contribution is 2.37. The predicted octanol–water partition coefficient (Wildman–Crippen LogP) is 3.14. The lowest BCUT2D eigenvalue weighted by atomic mass is 9.90. The maximum Gasteiger partial charge on any atom is 0.277 e. The molecule has 0 fully saturated rings. The molecule has 0 saturated heterocycles. The summed E-state index contributed by atoms with van der Waals surface area (Å²) in [4.78, 5) is 16.7. The van der Waals surface area contributed by atoms with Gasteiger partial charge in [0.1, 0.15) is 0 Å². The Bertz CT molecular complexity index is 769. The summed E-state index contributed by atoms with van der Waals surface area (Å²) in [7, 11) is 3.24. The molecule has 0 unspecified atom stereocenters. The number of hydrogen-bond acceptors (Lipinski definition) is 8. The number of thioether (sulfide) groups is 1. The van der Waals surface area contributed by atoms with Gasteiger partial charge in [-0.2, -0.15) is 0 Å². The van der Waals surface area contributed by atoms with Crippen LogP contribution in [-0.4, -0.2) is 67.3 Å². The van der Waals surface area contributed by atoms with Crippen molar-refractivity contribution in [3.63, 3.8) is 0 Å². The van der Waals surface area contributed by atoms with Crippen LogP contribution in [0.1, 0.15) is 23.8 Å². The van der Waals surface area contributed by atoms with Crippen molar-refractivity contribution in [1.82, 2.24) is 15.1 Å². The summed E-state index contributed by atoms with van der Waals surface area (Å²) < 4.78 is 16.0. The molecule has 2 aromatic rings. The molecule has 0 spiro atoms. The summed E-state index contributed by atoms with van der Waals surface area (Å²) in [5.74, 6) is 1.51. The fourth-order valence-electron chi connectivity index (χ4n) is 3.16. The molecule has 0 aromatic carbocycles. The second-order valence-electron chi connectivity index (χ2n) is 6.94. The van der Waals surface area contributed by atoms with Gasteiger partial charge in [-0.15, -0.1) is 21.5 Å². The lowest BCUT2D eigenvalue weighted by molar-refractivity contribution is -0.129. The third-order valence-electron chi connectivity index (χ3n) is 4.75. The summed E-state index contributed by atoms with van der Waals surface area (Å²) in [6.45, 7) is 4.35.